The van der Waals surface area contributed by atoms with E-state index in [-0.39, 0.29) is 5.56 Å². The van der Waals surface area contributed by atoms with Gasteiger partial charge in [0.05, 0.1) is 5.56 Å². The lowest BCUT2D eigenvalue weighted by Gasteiger charge is -2.06. The number of nitrogens with one attached hydrogen (secondary N) is 1. The summed E-state index contributed by atoms with van der Waals surface area (Å²) in [5.74, 6) is -1.84. The molecular formula is C12H9FN2O4. The number of H-pyrrole nitrogens is 1. The van der Waals surface area contributed by atoms with Gasteiger partial charge in [-0.15, -0.1) is 0 Å². The number of nitrogens with zero attached hydrogens (tertiary/aromatic N) is 1. The summed E-state index contributed by atoms with van der Waals surface area (Å²) in [5, 5.41) is 0. The number of aromatic nitrogens is 2. The van der Waals surface area contributed by atoms with E-state index in [9.17, 15) is 18.8 Å². The number of ether oxygens (including phenoxy) is 1. The first-order valence-electron chi connectivity index (χ1n) is 5.30. The Bertz CT molecular complexity index is 706. The number of hydrogen-bond donors (Lipinski definition) is 1. The molecule has 0 amide bonds. The van der Waals surface area contributed by atoms with Gasteiger partial charge in [0.1, 0.15) is 0 Å². The molecule has 6 nitrogen and oxygen atoms in total. The largest absolute Gasteiger partial charge is 0.440 e. The molecule has 0 bridgehead atoms. The SMILES string of the molecule is O=C(OCn1c(=O)[nH]cc(F)c1=O)c1ccccc1. The summed E-state index contributed by atoms with van der Waals surface area (Å²) in [6.45, 7) is -0.653. The minimum absolute atomic E-state index is 0.267. The van der Waals surface area contributed by atoms with Crippen molar-refractivity contribution in [3.63, 3.8) is 0 Å². The van der Waals surface area contributed by atoms with Crippen LogP contribution in [0.3, 0.4) is 0 Å². The third-order valence-electron chi connectivity index (χ3n) is 2.35. The summed E-state index contributed by atoms with van der Waals surface area (Å²) in [6.07, 6.45) is 0.653. The molecule has 0 spiro atoms. The molecule has 2 aromatic rings. The first-order valence-corrected chi connectivity index (χ1v) is 5.30. The summed E-state index contributed by atoms with van der Waals surface area (Å²) >= 11 is 0. The van der Waals surface area contributed by atoms with E-state index in [1.54, 1.807) is 18.2 Å². The van der Waals surface area contributed by atoms with Crippen molar-refractivity contribution in [2.24, 2.45) is 0 Å². The predicted octanol–water partition coefficient (Wildman–Crippen LogP) is 0.490. The second-order valence-corrected chi connectivity index (χ2v) is 3.60. The first kappa shape index (κ1) is 12.7. The molecule has 0 saturated carbocycles. The quantitative estimate of drug-likeness (QED) is 0.818. The maximum atomic E-state index is 13.0. The van der Waals surface area contributed by atoms with Crippen molar-refractivity contribution in [2.75, 3.05) is 0 Å². The Morgan fingerprint density at radius 1 is 1.26 bits per heavy atom. The Morgan fingerprint density at radius 2 is 1.95 bits per heavy atom. The lowest BCUT2D eigenvalue weighted by Crippen LogP contribution is -2.37. The van der Waals surface area contributed by atoms with E-state index in [1.807, 2.05) is 4.98 Å². The fourth-order valence-electron chi connectivity index (χ4n) is 1.38. The molecule has 1 aromatic carbocycles. The van der Waals surface area contributed by atoms with Gasteiger partial charge in [0, 0.05) is 6.20 Å². The molecule has 2 rings (SSSR count). The molecule has 1 aromatic heterocycles. The third kappa shape index (κ3) is 2.76. The number of aromatic amines is 1. The van der Waals surface area contributed by atoms with Gasteiger partial charge in [-0.3, -0.25) is 4.79 Å². The highest BCUT2D eigenvalue weighted by atomic mass is 19.1. The van der Waals surface area contributed by atoms with Crippen molar-refractivity contribution in [3.8, 4) is 0 Å². The van der Waals surface area contributed by atoms with E-state index in [0.29, 0.717) is 10.8 Å². The van der Waals surface area contributed by atoms with Crippen molar-refractivity contribution >= 4 is 5.97 Å². The molecular weight excluding hydrogens is 255 g/mol. The molecule has 19 heavy (non-hydrogen) atoms. The Morgan fingerprint density at radius 3 is 2.63 bits per heavy atom. The number of carbonyl (C=O) groups excluding carboxylic acids is 1. The van der Waals surface area contributed by atoms with Crippen LogP contribution in [0.1, 0.15) is 10.4 Å². The average Bonchev–Trinajstić information content (AvgIpc) is 2.44. The lowest BCUT2D eigenvalue weighted by molar-refractivity contribution is 0.0355. The van der Waals surface area contributed by atoms with Gasteiger partial charge in [-0.25, -0.2) is 14.2 Å². The van der Waals surface area contributed by atoms with Gasteiger partial charge in [0.15, 0.2) is 6.73 Å². The highest BCUT2D eigenvalue weighted by molar-refractivity contribution is 5.89. The number of carbonyl (C=O) groups is 1. The van der Waals surface area contributed by atoms with E-state index < -0.39 is 29.8 Å². The Balaban J connectivity index is 2.17. The standard InChI is InChI=1S/C12H9FN2O4/c13-9-6-14-12(18)15(10(9)16)7-19-11(17)8-4-2-1-3-5-8/h1-6H,7H2,(H,14,18). The third-order valence-corrected chi connectivity index (χ3v) is 2.35. The van der Waals surface area contributed by atoms with Crippen molar-refractivity contribution in [3.05, 3.63) is 68.7 Å². The van der Waals surface area contributed by atoms with Gasteiger partial charge in [-0.2, -0.15) is 4.39 Å². The zero-order valence-corrected chi connectivity index (χ0v) is 9.63. The first-order chi connectivity index (χ1) is 9.09. The van der Waals surface area contributed by atoms with Gasteiger partial charge >= 0.3 is 11.7 Å². The van der Waals surface area contributed by atoms with Crippen molar-refractivity contribution < 1.29 is 13.9 Å². The minimum atomic E-state index is -1.15. The normalized spacial score (nSPS) is 10.2. The van der Waals surface area contributed by atoms with E-state index in [0.717, 1.165) is 0 Å². The van der Waals surface area contributed by atoms with Crippen LogP contribution in [0.4, 0.5) is 4.39 Å². The smallest absolute Gasteiger partial charge is 0.339 e. The zero-order chi connectivity index (χ0) is 13.8. The van der Waals surface area contributed by atoms with Gasteiger partial charge < -0.3 is 9.72 Å². The minimum Gasteiger partial charge on any atom is -0.440 e. The van der Waals surface area contributed by atoms with Crippen LogP contribution in [-0.2, 0) is 11.5 Å². The lowest BCUT2D eigenvalue weighted by atomic mass is 10.2. The van der Waals surface area contributed by atoms with Crippen LogP contribution in [-0.4, -0.2) is 15.5 Å². The van der Waals surface area contributed by atoms with E-state index >= 15 is 0 Å². The summed E-state index contributed by atoms with van der Waals surface area (Å²) in [7, 11) is 0. The number of rotatable bonds is 3. The van der Waals surface area contributed by atoms with Gasteiger partial charge in [0.25, 0.3) is 5.56 Å². The number of hydrogen-bond acceptors (Lipinski definition) is 4. The average molecular weight is 264 g/mol. The van der Waals surface area contributed by atoms with Crippen LogP contribution in [0.15, 0.2) is 46.1 Å². The van der Waals surface area contributed by atoms with Crippen LogP contribution in [0.2, 0.25) is 0 Å². The van der Waals surface area contributed by atoms with Crippen LogP contribution < -0.4 is 11.2 Å². The van der Waals surface area contributed by atoms with E-state index in [4.69, 9.17) is 4.74 Å². The molecule has 0 saturated heterocycles. The predicted molar refractivity (Wildman–Crippen MR) is 63.1 cm³/mol. The number of esters is 1. The molecule has 0 unspecified atom stereocenters. The van der Waals surface area contributed by atoms with E-state index in [1.165, 1.54) is 12.1 Å². The second kappa shape index (κ2) is 5.30. The molecule has 0 radical (unpaired) electrons. The van der Waals surface area contributed by atoms with Crippen LogP contribution in [0, 0.1) is 5.82 Å². The summed E-state index contributed by atoms with van der Waals surface area (Å²) in [5.41, 5.74) is -1.74. The summed E-state index contributed by atoms with van der Waals surface area (Å²) in [4.78, 5) is 36.2. The molecule has 0 aliphatic heterocycles. The van der Waals surface area contributed by atoms with E-state index in [2.05, 4.69) is 0 Å². The summed E-state index contributed by atoms with van der Waals surface area (Å²) < 4.78 is 18.2. The number of benzene rings is 1. The fraction of sp³-hybridized carbons (Fsp3) is 0.0833. The van der Waals surface area contributed by atoms with Gasteiger partial charge in [-0.05, 0) is 12.1 Å². The van der Waals surface area contributed by atoms with Crippen LogP contribution in [0.5, 0.6) is 0 Å². The number of halogens is 1. The van der Waals surface area contributed by atoms with Crippen molar-refractivity contribution in [1.82, 2.24) is 9.55 Å². The molecule has 1 N–H and O–H groups in total. The Labute approximate surface area is 106 Å². The molecule has 98 valence electrons. The Kier molecular flexibility index (Phi) is 3.56. The fourth-order valence-corrected chi connectivity index (χ4v) is 1.38. The van der Waals surface area contributed by atoms with Crippen molar-refractivity contribution in [1.29, 1.82) is 0 Å². The highest BCUT2D eigenvalue weighted by Crippen LogP contribution is 2.00. The zero-order valence-electron chi connectivity index (χ0n) is 9.63. The molecule has 0 aliphatic rings. The molecule has 1 heterocycles. The topological polar surface area (TPSA) is 81.2 Å². The second-order valence-electron chi connectivity index (χ2n) is 3.60. The molecule has 0 fully saturated rings. The monoisotopic (exact) mass is 264 g/mol. The Hall–Kier alpha value is -2.70. The summed E-state index contributed by atoms with van der Waals surface area (Å²) in [6, 6.07) is 8.02. The maximum absolute atomic E-state index is 13.0. The van der Waals surface area contributed by atoms with Crippen LogP contribution >= 0.6 is 0 Å². The molecule has 0 aliphatic carbocycles. The van der Waals surface area contributed by atoms with Crippen molar-refractivity contribution in [2.45, 2.75) is 6.73 Å². The maximum Gasteiger partial charge on any atom is 0.339 e. The van der Waals surface area contributed by atoms with Gasteiger partial charge in [0.2, 0.25) is 5.82 Å². The molecule has 0 atom stereocenters. The van der Waals surface area contributed by atoms with Crippen LogP contribution in [0.25, 0.3) is 0 Å². The molecule has 7 heteroatoms. The van der Waals surface area contributed by atoms with Gasteiger partial charge in [-0.1, -0.05) is 18.2 Å². The highest BCUT2D eigenvalue weighted by Gasteiger charge is 2.10.